The Kier molecular flexibility index (Phi) is 11.7. The average molecular weight is 364 g/mol. The van der Waals surface area contributed by atoms with Gasteiger partial charge in [-0.15, -0.1) is 0 Å². The van der Waals surface area contributed by atoms with E-state index < -0.39 is 0 Å². The third kappa shape index (κ3) is 9.16. The minimum atomic E-state index is 0.299. The Bertz CT molecular complexity index is 440. The minimum Gasteiger partial charge on any atom is -0.338 e. The highest BCUT2D eigenvalue weighted by atomic mass is 16.5. The molecule has 0 aliphatic carbocycles. The van der Waals surface area contributed by atoms with E-state index in [2.05, 4.69) is 22.4 Å². The molecule has 0 saturated carbocycles. The van der Waals surface area contributed by atoms with Gasteiger partial charge in [0.15, 0.2) is 5.82 Å². The van der Waals surface area contributed by atoms with Gasteiger partial charge in [0.25, 0.3) is 0 Å². The number of hydrogen-bond acceptors (Lipinski definition) is 4. The molecule has 26 heavy (non-hydrogen) atoms. The summed E-state index contributed by atoms with van der Waals surface area (Å²) in [6.45, 7) is 3.36. The van der Waals surface area contributed by atoms with Crippen molar-refractivity contribution in [3.8, 4) is 0 Å². The van der Waals surface area contributed by atoms with E-state index in [9.17, 15) is 0 Å². The Balaban J connectivity index is 1.34. The normalized spacial score (nSPS) is 17.2. The minimum absolute atomic E-state index is 0.299. The quantitative estimate of drug-likeness (QED) is 0.340. The molecule has 1 fully saturated rings. The van der Waals surface area contributed by atoms with Crippen LogP contribution in [0, 0.1) is 0 Å². The highest BCUT2D eigenvalue weighted by Gasteiger charge is 2.21. The molecule has 1 saturated heterocycles. The van der Waals surface area contributed by atoms with Crippen LogP contribution in [-0.2, 0) is 6.42 Å². The van der Waals surface area contributed by atoms with Crippen LogP contribution in [0.1, 0.15) is 127 Å². The maximum atomic E-state index is 5.39. The van der Waals surface area contributed by atoms with Crippen LogP contribution in [-0.4, -0.2) is 16.7 Å². The molecule has 0 unspecified atom stereocenters. The standard InChI is InChI=1S/C22H41N3O/c1-2-3-4-5-6-7-8-9-10-11-12-13-14-15-18-21-24-22(26-25-21)20-17-16-19-23-20/h20,23H,2-19H2,1H3/t20-/m0/s1. The summed E-state index contributed by atoms with van der Waals surface area (Å²) in [6.07, 6.45) is 22.8. The second kappa shape index (κ2) is 14.2. The zero-order valence-corrected chi connectivity index (χ0v) is 17.1. The van der Waals surface area contributed by atoms with Crippen molar-refractivity contribution in [2.75, 3.05) is 6.54 Å². The Morgan fingerprint density at radius 3 is 1.96 bits per heavy atom. The second-order valence-corrected chi connectivity index (χ2v) is 8.04. The summed E-state index contributed by atoms with van der Waals surface area (Å²) in [5.74, 6) is 1.69. The molecule has 2 rings (SSSR count). The van der Waals surface area contributed by atoms with Gasteiger partial charge in [0.2, 0.25) is 5.89 Å². The fourth-order valence-electron chi connectivity index (χ4n) is 3.88. The molecule has 1 atom stereocenters. The Morgan fingerprint density at radius 2 is 1.42 bits per heavy atom. The fraction of sp³-hybridized carbons (Fsp3) is 0.909. The third-order valence-electron chi connectivity index (χ3n) is 5.60. The van der Waals surface area contributed by atoms with Gasteiger partial charge in [-0.3, -0.25) is 0 Å². The first kappa shape index (κ1) is 21.4. The molecule has 2 heterocycles. The predicted molar refractivity (Wildman–Crippen MR) is 108 cm³/mol. The van der Waals surface area contributed by atoms with Gasteiger partial charge in [-0.25, -0.2) is 0 Å². The number of nitrogens with zero attached hydrogens (tertiary/aromatic N) is 2. The average Bonchev–Trinajstić information content (AvgIpc) is 3.33. The predicted octanol–water partition coefficient (Wildman–Crippen LogP) is 6.52. The summed E-state index contributed by atoms with van der Waals surface area (Å²) >= 11 is 0. The number of aryl methyl sites for hydroxylation is 1. The molecule has 0 aromatic carbocycles. The Labute approximate surface area is 160 Å². The molecular formula is C22H41N3O. The smallest absolute Gasteiger partial charge is 0.243 e. The highest BCUT2D eigenvalue weighted by Crippen LogP contribution is 2.21. The maximum absolute atomic E-state index is 5.39. The first-order valence-electron chi connectivity index (χ1n) is 11.5. The second-order valence-electron chi connectivity index (χ2n) is 8.04. The number of rotatable bonds is 16. The topological polar surface area (TPSA) is 51.0 Å². The first-order valence-corrected chi connectivity index (χ1v) is 11.5. The lowest BCUT2D eigenvalue weighted by molar-refractivity contribution is 0.340. The van der Waals surface area contributed by atoms with Crippen molar-refractivity contribution < 1.29 is 4.52 Å². The van der Waals surface area contributed by atoms with E-state index >= 15 is 0 Å². The van der Waals surface area contributed by atoms with Crippen molar-refractivity contribution >= 4 is 0 Å². The van der Waals surface area contributed by atoms with Crippen LogP contribution in [0.25, 0.3) is 0 Å². The Morgan fingerprint density at radius 1 is 0.846 bits per heavy atom. The van der Waals surface area contributed by atoms with Gasteiger partial charge in [-0.1, -0.05) is 95.6 Å². The highest BCUT2D eigenvalue weighted by molar-refractivity contribution is 4.95. The number of nitrogens with one attached hydrogen (secondary N) is 1. The Hall–Kier alpha value is -0.900. The summed E-state index contributed by atoms with van der Waals surface area (Å²) in [5, 5.41) is 7.54. The summed E-state index contributed by atoms with van der Waals surface area (Å²) in [7, 11) is 0. The molecule has 150 valence electrons. The van der Waals surface area contributed by atoms with Crippen LogP contribution in [0.3, 0.4) is 0 Å². The molecule has 4 heteroatoms. The van der Waals surface area contributed by atoms with Gasteiger partial charge in [0.1, 0.15) is 0 Å². The molecule has 0 bridgehead atoms. The summed E-state index contributed by atoms with van der Waals surface area (Å²) in [4.78, 5) is 4.55. The van der Waals surface area contributed by atoms with Gasteiger partial charge >= 0.3 is 0 Å². The van der Waals surface area contributed by atoms with Crippen LogP contribution in [0.5, 0.6) is 0 Å². The van der Waals surface area contributed by atoms with Crippen molar-refractivity contribution in [3.63, 3.8) is 0 Å². The van der Waals surface area contributed by atoms with E-state index in [1.165, 1.54) is 96.3 Å². The first-order chi connectivity index (χ1) is 12.9. The number of aromatic nitrogens is 2. The van der Waals surface area contributed by atoms with E-state index in [1.807, 2.05) is 0 Å². The molecule has 1 aromatic heterocycles. The van der Waals surface area contributed by atoms with E-state index in [0.29, 0.717) is 6.04 Å². The van der Waals surface area contributed by atoms with Crippen molar-refractivity contribution in [1.29, 1.82) is 0 Å². The van der Waals surface area contributed by atoms with Gasteiger partial charge in [-0.2, -0.15) is 4.98 Å². The largest absolute Gasteiger partial charge is 0.338 e. The molecule has 1 aliphatic heterocycles. The zero-order valence-electron chi connectivity index (χ0n) is 17.1. The summed E-state index contributed by atoms with van der Waals surface area (Å²) in [6, 6.07) is 0.299. The molecule has 1 aromatic rings. The lowest BCUT2D eigenvalue weighted by atomic mass is 10.0. The SMILES string of the molecule is CCCCCCCCCCCCCCCCc1noc([C@@H]2CCCN2)n1. The lowest BCUT2D eigenvalue weighted by Crippen LogP contribution is -2.13. The van der Waals surface area contributed by atoms with Crippen molar-refractivity contribution in [3.05, 3.63) is 11.7 Å². The van der Waals surface area contributed by atoms with Gasteiger partial charge in [0, 0.05) is 6.42 Å². The molecule has 0 amide bonds. The van der Waals surface area contributed by atoms with Crippen LogP contribution < -0.4 is 5.32 Å². The number of unbranched alkanes of at least 4 members (excludes halogenated alkanes) is 13. The molecule has 1 aliphatic rings. The molecule has 0 spiro atoms. The fourth-order valence-corrected chi connectivity index (χ4v) is 3.88. The van der Waals surface area contributed by atoms with Crippen LogP contribution in [0.2, 0.25) is 0 Å². The lowest BCUT2D eigenvalue weighted by Gasteiger charge is -2.03. The summed E-state index contributed by atoms with van der Waals surface area (Å²) in [5.41, 5.74) is 0. The van der Waals surface area contributed by atoms with Gasteiger partial charge < -0.3 is 9.84 Å². The molecular weight excluding hydrogens is 322 g/mol. The van der Waals surface area contributed by atoms with Crippen molar-refractivity contribution in [2.45, 2.75) is 122 Å². The van der Waals surface area contributed by atoms with E-state index in [-0.39, 0.29) is 0 Å². The van der Waals surface area contributed by atoms with Gasteiger partial charge in [0.05, 0.1) is 6.04 Å². The van der Waals surface area contributed by atoms with Crippen molar-refractivity contribution in [1.82, 2.24) is 15.5 Å². The van der Waals surface area contributed by atoms with Crippen LogP contribution in [0.4, 0.5) is 0 Å². The van der Waals surface area contributed by atoms with Crippen molar-refractivity contribution in [2.24, 2.45) is 0 Å². The molecule has 1 N–H and O–H groups in total. The van der Waals surface area contributed by atoms with E-state index in [4.69, 9.17) is 4.52 Å². The van der Waals surface area contributed by atoms with Crippen LogP contribution >= 0.6 is 0 Å². The monoisotopic (exact) mass is 363 g/mol. The van der Waals surface area contributed by atoms with E-state index in [1.54, 1.807) is 0 Å². The van der Waals surface area contributed by atoms with E-state index in [0.717, 1.165) is 31.1 Å². The number of hydrogen-bond donors (Lipinski definition) is 1. The summed E-state index contributed by atoms with van der Waals surface area (Å²) < 4.78 is 5.39. The van der Waals surface area contributed by atoms with Crippen LogP contribution in [0.15, 0.2) is 4.52 Å². The molecule has 0 radical (unpaired) electrons. The third-order valence-corrected chi connectivity index (χ3v) is 5.60. The molecule has 4 nitrogen and oxygen atoms in total. The zero-order chi connectivity index (χ0) is 18.3. The maximum Gasteiger partial charge on any atom is 0.243 e. The van der Waals surface area contributed by atoms with Gasteiger partial charge in [-0.05, 0) is 25.8 Å².